The van der Waals surface area contributed by atoms with E-state index >= 15 is 0 Å². The summed E-state index contributed by atoms with van der Waals surface area (Å²) in [6, 6.07) is 6.99. The van der Waals surface area contributed by atoms with Gasteiger partial charge in [-0.05, 0) is 38.5 Å². The third kappa shape index (κ3) is 4.18. The van der Waals surface area contributed by atoms with Gasteiger partial charge in [0.2, 0.25) is 11.8 Å². The summed E-state index contributed by atoms with van der Waals surface area (Å²) in [7, 11) is 0. The molecule has 3 heterocycles. The summed E-state index contributed by atoms with van der Waals surface area (Å²) in [6.07, 6.45) is 0.0712. The van der Waals surface area contributed by atoms with E-state index in [1.807, 2.05) is 35.8 Å². The van der Waals surface area contributed by atoms with Crippen molar-refractivity contribution in [1.29, 1.82) is 0 Å². The van der Waals surface area contributed by atoms with Gasteiger partial charge in [-0.25, -0.2) is 0 Å². The second kappa shape index (κ2) is 8.84. The molecule has 4 rings (SSSR count). The minimum absolute atomic E-state index is 0.0615. The molecule has 10 heteroatoms. The molecular weight excluding hydrogens is 448 g/mol. The van der Waals surface area contributed by atoms with Crippen LogP contribution in [0.15, 0.2) is 29.3 Å². The molecule has 0 saturated carbocycles. The van der Waals surface area contributed by atoms with Crippen LogP contribution < -0.4 is 10.6 Å². The quantitative estimate of drug-likeness (QED) is 0.558. The fraction of sp³-hybridized carbons (Fsp3) is 0.318. The molecule has 0 radical (unpaired) electrons. The van der Waals surface area contributed by atoms with Crippen LogP contribution in [0.5, 0.6) is 0 Å². The first-order valence-electron chi connectivity index (χ1n) is 10.1. The lowest BCUT2D eigenvalue weighted by molar-refractivity contribution is -0.122. The molecule has 0 saturated heterocycles. The number of halogens is 1. The number of thiophene rings is 1. The van der Waals surface area contributed by atoms with Crippen LogP contribution in [0.4, 0.5) is 0 Å². The van der Waals surface area contributed by atoms with Gasteiger partial charge in [-0.1, -0.05) is 23.7 Å². The van der Waals surface area contributed by atoms with Crippen molar-refractivity contribution in [2.24, 2.45) is 4.99 Å². The summed E-state index contributed by atoms with van der Waals surface area (Å²) in [4.78, 5) is 30.0. The van der Waals surface area contributed by atoms with Crippen molar-refractivity contribution in [2.45, 2.75) is 40.2 Å². The van der Waals surface area contributed by atoms with Gasteiger partial charge in [-0.2, -0.15) is 0 Å². The molecule has 166 valence electrons. The number of hydrogen-bond acceptors (Lipinski definition) is 6. The van der Waals surface area contributed by atoms with Crippen molar-refractivity contribution in [2.75, 3.05) is 6.67 Å². The number of nitrogens with zero attached hydrogens (tertiary/aromatic N) is 4. The maximum atomic E-state index is 12.6. The van der Waals surface area contributed by atoms with Crippen LogP contribution in [0.2, 0.25) is 5.02 Å². The number of rotatable bonds is 5. The first-order valence-corrected chi connectivity index (χ1v) is 11.3. The lowest BCUT2D eigenvalue weighted by Gasteiger charge is -2.13. The van der Waals surface area contributed by atoms with E-state index in [-0.39, 0.29) is 24.9 Å². The first kappa shape index (κ1) is 22.2. The maximum absolute atomic E-state index is 12.6. The van der Waals surface area contributed by atoms with Crippen LogP contribution in [-0.4, -0.2) is 39.0 Å². The summed E-state index contributed by atoms with van der Waals surface area (Å²) in [5.41, 5.74) is 3.85. The van der Waals surface area contributed by atoms with Crippen LogP contribution in [0.3, 0.4) is 0 Å². The van der Waals surface area contributed by atoms with E-state index in [1.54, 1.807) is 11.3 Å². The van der Waals surface area contributed by atoms with Gasteiger partial charge in [0.1, 0.15) is 16.9 Å². The van der Waals surface area contributed by atoms with Crippen molar-refractivity contribution in [3.63, 3.8) is 0 Å². The summed E-state index contributed by atoms with van der Waals surface area (Å²) < 4.78 is 2.00. The van der Waals surface area contributed by atoms with Gasteiger partial charge < -0.3 is 10.6 Å². The van der Waals surface area contributed by atoms with E-state index in [0.717, 1.165) is 33.2 Å². The average Bonchev–Trinajstić information content (AvgIpc) is 3.21. The van der Waals surface area contributed by atoms with E-state index < -0.39 is 6.04 Å². The highest BCUT2D eigenvalue weighted by Gasteiger charge is 2.32. The molecule has 2 amide bonds. The van der Waals surface area contributed by atoms with Gasteiger partial charge in [0.15, 0.2) is 5.82 Å². The number of carbonyl (C=O) groups excluding carboxylic acids is 2. The van der Waals surface area contributed by atoms with Crippen LogP contribution in [-0.2, 0) is 9.59 Å². The third-order valence-electron chi connectivity index (χ3n) is 5.36. The first-order chi connectivity index (χ1) is 15.3. The molecule has 2 N–H and O–H groups in total. The molecule has 0 bridgehead atoms. The van der Waals surface area contributed by atoms with E-state index in [4.69, 9.17) is 16.6 Å². The van der Waals surface area contributed by atoms with Crippen molar-refractivity contribution >= 4 is 40.5 Å². The molecule has 32 heavy (non-hydrogen) atoms. The number of benzene rings is 1. The summed E-state index contributed by atoms with van der Waals surface area (Å²) in [5.74, 6) is 0.893. The molecule has 0 aliphatic carbocycles. The lowest BCUT2D eigenvalue weighted by atomic mass is 9.99. The Morgan fingerprint density at radius 2 is 1.84 bits per heavy atom. The Morgan fingerprint density at radius 3 is 2.53 bits per heavy atom. The highest BCUT2D eigenvalue weighted by atomic mass is 35.5. The lowest BCUT2D eigenvalue weighted by Crippen LogP contribution is -2.36. The predicted molar refractivity (Wildman–Crippen MR) is 125 cm³/mol. The van der Waals surface area contributed by atoms with Gasteiger partial charge in [-0.15, -0.1) is 21.5 Å². The molecule has 0 spiro atoms. The standard InChI is InChI=1S/C22H23ClN6O2S/c1-11-12(2)32-22-19(11)20(15-5-7-16(23)8-6-15)26-17(21-28-27-13(3)29(21)22)9-18(31)25-10-24-14(4)30/h5-8,17H,9-10H2,1-4H3,(H,24,30)(H,25,31)/t17-/m0/s1. The zero-order chi connectivity index (χ0) is 23.0. The molecule has 2 aromatic heterocycles. The van der Waals surface area contributed by atoms with Crippen LogP contribution in [0, 0.1) is 20.8 Å². The number of aliphatic imine (C=N–C) groups is 1. The van der Waals surface area contributed by atoms with Gasteiger partial charge in [0, 0.05) is 28.0 Å². The fourth-order valence-corrected chi connectivity index (χ4v) is 4.99. The van der Waals surface area contributed by atoms with E-state index in [1.165, 1.54) is 11.8 Å². The Morgan fingerprint density at radius 1 is 1.12 bits per heavy atom. The number of carbonyl (C=O) groups is 2. The second-order valence-electron chi connectivity index (χ2n) is 7.62. The molecular formula is C22H23ClN6O2S. The van der Waals surface area contributed by atoms with Gasteiger partial charge in [0.25, 0.3) is 0 Å². The number of nitrogens with one attached hydrogen (secondary N) is 2. The highest BCUT2D eigenvalue weighted by Crippen LogP contribution is 2.39. The van der Waals surface area contributed by atoms with Gasteiger partial charge >= 0.3 is 0 Å². The molecule has 3 aromatic rings. The highest BCUT2D eigenvalue weighted by molar-refractivity contribution is 7.15. The Balaban J connectivity index is 1.82. The normalized spacial score (nSPS) is 14.8. The van der Waals surface area contributed by atoms with Crippen molar-refractivity contribution < 1.29 is 9.59 Å². The smallest absolute Gasteiger partial charge is 0.224 e. The zero-order valence-electron chi connectivity index (χ0n) is 18.2. The number of amides is 2. The number of aryl methyl sites for hydroxylation is 2. The van der Waals surface area contributed by atoms with Gasteiger partial charge in [-0.3, -0.25) is 19.1 Å². The SMILES string of the molecule is CC(=O)NCNC(=O)C[C@@H]1N=C(c2ccc(Cl)cc2)c2c(sc(C)c2C)-n2c(C)nnc21. The predicted octanol–water partition coefficient (Wildman–Crippen LogP) is 3.40. The van der Waals surface area contributed by atoms with Crippen molar-refractivity contribution in [3.8, 4) is 5.00 Å². The van der Waals surface area contributed by atoms with Crippen molar-refractivity contribution in [1.82, 2.24) is 25.4 Å². The second-order valence-corrected chi connectivity index (χ2v) is 9.26. The Labute approximate surface area is 194 Å². The molecule has 0 fully saturated rings. The van der Waals surface area contributed by atoms with E-state index in [2.05, 4.69) is 34.7 Å². The maximum Gasteiger partial charge on any atom is 0.224 e. The fourth-order valence-electron chi connectivity index (χ4n) is 3.65. The molecule has 1 atom stereocenters. The average molecular weight is 471 g/mol. The topological polar surface area (TPSA) is 101 Å². The summed E-state index contributed by atoms with van der Waals surface area (Å²) in [5, 5.41) is 15.6. The molecule has 8 nitrogen and oxygen atoms in total. The monoisotopic (exact) mass is 470 g/mol. The third-order valence-corrected chi connectivity index (χ3v) is 6.80. The minimum Gasteiger partial charge on any atom is -0.339 e. The molecule has 1 aliphatic heterocycles. The zero-order valence-corrected chi connectivity index (χ0v) is 19.8. The van der Waals surface area contributed by atoms with Crippen LogP contribution >= 0.6 is 22.9 Å². The molecule has 1 aliphatic rings. The van der Waals surface area contributed by atoms with Crippen molar-refractivity contribution in [3.05, 3.63) is 62.5 Å². The molecule has 1 aromatic carbocycles. The minimum atomic E-state index is -0.543. The Hall–Kier alpha value is -3.04. The largest absolute Gasteiger partial charge is 0.339 e. The van der Waals surface area contributed by atoms with Crippen LogP contribution in [0.1, 0.15) is 52.6 Å². The number of fused-ring (bicyclic) bond motifs is 3. The Bertz CT molecular complexity index is 1230. The number of aromatic nitrogens is 3. The number of hydrogen-bond donors (Lipinski definition) is 2. The summed E-state index contributed by atoms with van der Waals surface area (Å²) in [6.45, 7) is 7.52. The summed E-state index contributed by atoms with van der Waals surface area (Å²) >= 11 is 7.78. The molecule has 0 unspecified atom stereocenters. The Kier molecular flexibility index (Phi) is 6.12. The van der Waals surface area contributed by atoms with Crippen LogP contribution in [0.25, 0.3) is 5.00 Å². The van der Waals surface area contributed by atoms with E-state index in [9.17, 15) is 9.59 Å². The van der Waals surface area contributed by atoms with E-state index in [0.29, 0.717) is 10.8 Å². The van der Waals surface area contributed by atoms with Gasteiger partial charge in [0.05, 0.1) is 18.8 Å².